The Kier molecular flexibility index (Phi) is 2.54. The largest absolute Gasteiger partial charge is 0.544 e. The molecule has 3 heteroatoms. The number of hydrogen-bond acceptors (Lipinski definition) is 2. The summed E-state index contributed by atoms with van der Waals surface area (Å²) in [4.78, 5) is 10.9. The number of carboxylic acid groups (broad SMARTS) is 1. The fourth-order valence-corrected chi connectivity index (χ4v) is 3.00. The summed E-state index contributed by atoms with van der Waals surface area (Å²) in [6.07, 6.45) is 6.04. The molecule has 2 fully saturated rings. The van der Waals surface area contributed by atoms with Crippen molar-refractivity contribution in [3.8, 4) is 0 Å². The van der Waals surface area contributed by atoms with Crippen molar-refractivity contribution in [2.24, 2.45) is 11.8 Å². The average molecular weight is 183 g/mol. The van der Waals surface area contributed by atoms with Crippen molar-refractivity contribution >= 4 is 5.97 Å². The summed E-state index contributed by atoms with van der Waals surface area (Å²) in [7, 11) is 0. The number of carboxylic acids is 1. The van der Waals surface area contributed by atoms with Gasteiger partial charge in [0.2, 0.25) is 0 Å². The van der Waals surface area contributed by atoms with E-state index in [4.69, 9.17) is 0 Å². The van der Waals surface area contributed by atoms with Gasteiger partial charge in [-0.3, -0.25) is 0 Å². The van der Waals surface area contributed by atoms with Gasteiger partial charge in [0, 0.05) is 5.92 Å². The molecule has 1 saturated heterocycles. The van der Waals surface area contributed by atoms with Crippen LogP contribution in [-0.4, -0.2) is 18.6 Å². The third kappa shape index (κ3) is 1.70. The molecule has 0 spiro atoms. The van der Waals surface area contributed by atoms with Crippen molar-refractivity contribution in [1.82, 2.24) is 0 Å². The molecule has 0 unspecified atom stereocenters. The Morgan fingerprint density at radius 1 is 1.23 bits per heavy atom. The molecule has 0 amide bonds. The van der Waals surface area contributed by atoms with Gasteiger partial charge in [0.25, 0.3) is 0 Å². The van der Waals surface area contributed by atoms with Crippen molar-refractivity contribution in [1.29, 1.82) is 0 Å². The summed E-state index contributed by atoms with van der Waals surface area (Å²) < 4.78 is 0. The van der Waals surface area contributed by atoms with E-state index in [1.165, 1.54) is 25.7 Å². The number of nitrogens with two attached hydrogens (primary N) is 1. The minimum Gasteiger partial charge on any atom is -0.544 e. The molecule has 2 rings (SSSR count). The Morgan fingerprint density at radius 3 is 2.77 bits per heavy atom. The normalized spacial score (nSPS) is 39.5. The third-order valence-electron chi connectivity index (χ3n) is 3.66. The molecule has 0 radical (unpaired) electrons. The lowest BCUT2D eigenvalue weighted by Gasteiger charge is -2.39. The molecule has 3 nitrogen and oxygen atoms in total. The Balaban J connectivity index is 2.06. The Hall–Kier alpha value is -0.570. The maximum atomic E-state index is 10.9. The minimum atomic E-state index is -0.850. The number of aliphatic carboxylic acids is 1. The number of hydrogen-bond donors (Lipinski definition) is 1. The molecule has 0 aromatic rings. The molecule has 1 saturated carbocycles. The van der Waals surface area contributed by atoms with Crippen LogP contribution in [0.25, 0.3) is 0 Å². The maximum Gasteiger partial charge on any atom is 0.129 e. The van der Waals surface area contributed by atoms with Gasteiger partial charge >= 0.3 is 0 Å². The zero-order chi connectivity index (χ0) is 9.26. The quantitative estimate of drug-likeness (QED) is 0.560. The first-order valence-electron chi connectivity index (χ1n) is 5.33. The van der Waals surface area contributed by atoms with Crippen LogP contribution in [0.1, 0.15) is 32.1 Å². The second-order valence-electron chi connectivity index (χ2n) is 4.37. The van der Waals surface area contributed by atoms with Crippen molar-refractivity contribution < 1.29 is 15.2 Å². The van der Waals surface area contributed by atoms with E-state index in [2.05, 4.69) is 0 Å². The third-order valence-corrected chi connectivity index (χ3v) is 3.66. The van der Waals surface area contributed by atoms with Crippen LogP contribution in [0.5, 0.6) is 0 Å². The molecule has 3 atom stereocenters. The molecule has 13 heavy (non-hydrogen) atoms. The highest BCUT2D eigenvalue weighted by molar-refractivity contribution is 5.69. The van der Waals surface area contributed by atoms with Crippen LogP contribution in [0, 0.1) is 11.8 Å². The zero-order valence-electron chi connectivity index (χ0n) is 7.87. The van der Waals surface area contributed by atoms with E-state index >= 15 is 0 Å². The van der Waals surface area contributed by atoms with Crippen molar-refractivity contribution in [3.05, 3.63) is 0 Å². The number of rotatable bonds is 1. The SMILES string of the molecule is O=C([O-])[C@@H]1[NH2+]CC[C@@H]2CCCC[C@@H]21. The lowest BCUT2D eigenvalue weighted by molar-refractivity contribution is -0.702. The molecule has 0 bridgehead atoms. The van der Waals surface area contributed by atoms with E-state index in [0.717, 1.165) is 13.0 Å². The van der Waals surface area contributed by atoms with Crippen LogP contribution in [0.15, 0.2) is 0 Å². The van der Waals surface area contributed by atoms with Crippen LogP contribution < -0.4 is 10.4 Å². The summed E-state index contributed by atoms with van der Waals surface area (Å²) in [5.41, 5.74) is 0. The van der Waals surface area contributed by atoms with Crippen LogP contribution in [-0.2, 0) is 4.79 Å². The molecule has 1 aliphatic carbocycles. The van der Waals surface area contributed by atoms with E-state index in [1.54, 1.807) is 0 Å². The van der Waals surface area contributed by atoms with Crippen molar-refractivity contribution in [2.45, 2.75) is 38.1 Å². The fourth-order valence-electron chi connectivity index (χ4n) is 3.00. The number of carbonyl (C=O) groups excluding carboxylic acids is 1. The van der Waals surface area contributed by atoms with Gasteiger partial charge in [-0.1, -0.05) is 12.8 Å². The standard InChI is InChI=1S/C10H17NO2/c12-10(13)9-8-4-2-1-3-7(8)5-6-11-9/h7-9,11H,1-6H2,(H,12,13)/t7-,8-,9+/m0/s1. The lowest BCUT2D eigenvalue weighted by Crippen LogP contribution is -2.97. The molecule has 0 aromatic carbocycles. The molecule has 2 aliphatic rings. The van der Waals surface area contributed by atoms with Crippen LogP contribution >= 0.6 is 0 Å². The zero-order valence-corrected chi connectivity index (χ0v) is 7.87. The molecule has 74 valence electrons. The van der Waals surface area contributed by atoms with Gasteiger partial charge in [-0.25, -0.2) is 0 Å². The van der Waals surface area contributed by atoms with Gasteiger partial charge in [-0.2, -0.15) is 0 Å². The summed E-state index contributed by atoms with van der Waals surface area (Å²) in [5, 5.41) is 12.8. The molecule has 1 aliphatic heterocycles. The Morgan fingerprint density at radius 2 is 2.00 bits per heavy atom. The monoisotopic (exact) mass is 183 g/mol. The predicted octanol–water partition coefficient (Wildman–Crippen LogP) is -1.12. The predicted molar refractivity (Wildman–Crippen MR) is 45.7 cm³/mol. The van der Waals surface area contributed by atoms with Gasteiger partial charge in [0.1, 0.15) is 6.04 Å². The first kappa shape index (κ1) is 9.00. The highest BCUT2D eigenvalue weighted by Gasteiger charge is 2.38. The van der Waals surface area contributed by atoms with E-state index < -0.39 is 5.97 Å². The number of carbonyl (C=O) groups is 1. The van der Waals surface area contributed by atoms with Crippen LogP contribution in [0.2, 0.25) is 0 Å². The van der Waals surface area contributed by atoms with Gasteiger partial charge in [0.05, 0.1) is 12.5 Å². The molecule has 1 heterocycles. The van der Waals surface area contributed by atoms with Gasteiger partial charge < -0.3 is 15.2 Å². The summed E-state index contributed by atoms with van der Waals surface area (Å²) >= 11 is 0. The van der Waals surface area contributed by atoms with E-state index in [1.807, 2.05) is 5.32 Å². The lowest BCUT2D eigenvalue weighted by atomic mass is 9.72. The molecule has 0 aromatic heterocycles. The van der Waals surface area contributed by atoms with Crippen LogP contribution in [0.4, 0.5) is 0 Å². The number of quaternary nitrogens is 1. The minimum absolute atomic E-state index is 0.251. The first-order chi connectivity index (χ1) is 6.29. The summed E-state index contributed by atoms with van der Waals surface area (Å²) in [6, 6.07) is -0.251. The number of fused-ring (bicyclic) bond motifs is 1. The molecular formula is C10H17NO2. The maximum absolute atomic E-state index is 10.9. The molecular weight excluding hydrogens is 166 g/mol. The topological polar surface area (TPSA) is 56.7 Å². The summed E-state index contributed by atoms with van der Waals surface area (Å²) in [6.45, 7) is 0.972. The van der Waals surface area contributed by atoms with E-state index in [9.17, 15) is 9.90 Å². The van der Waals surface area contributed by atoms with Gasteiger partial charge in [0.15, 0.2) is 0 Å². The van der Waals surface area contributed by atoms with E-state index in [0.29, 0.717) is 11.8 Å². The molecule has 2 N–H and O–H groups in total. The highest BCUT2D eigenvalue weighted by atomic mass is 16.4. The van der Waals surface area contributed by atoms with E-state index in [-0.39, 0.29) is 6.04 Å². The van der Waals surface area contributed by atoms with Gasteiger partial charge in [-0.05, 0) is 25.2 Å². The van der Waals surface area contributed by atoms with Crippen molar-refractivity contribution in [2.75, 3.05) is 6.54 Å². The summed E-state index contributed by atoms with van der Waals surface area (Å²) in [5.74, 6) is 0.214. The Labute approximate surface area is 78.5 Å². The highest BCUT2D eigenvalue weighted by Crippen LogP contribution is 2.34. The number of piperidine rings is 1. The van der Waals surface area contributed by atoms with Crippen molar-refractivity contribution in [3.63, 3.8) is 0 Å². The van der Waals surface area contributed by atoms with Crippen LogP contribution in [0.3, 0.4) is 0 Å². The second-order valence-corrected chi connectivity index (χ2v) is 4.37. The Bertz CT molecular complexity index is 203. The van der Waals surface area contributed by atoms with Gasteiger partial charge in [-0.15, -0.1) is 0 Å². The smallest absolute Gasteiger partial charge is 0.129 e. The second kappa shape index (κ2) is 3.66. The fraction of sp³-hybridized carbons (Fsp3) is 0.900. The first-order valence-corrected chi connectivity index (χ1v) is 5.33. The average Bonchev–Trinajstić information content (AvgIpc) is 2.17.